The molecule has 1 aromatic carbocycles. The fourth-order valence-corrected chi connectivity index (χ4v) is 3.70. The topological polar surface area (TPSA) is 49.9 Å². The predicted octanol–water partition coefficient (Wildman–Crippen LogP) is 2.44. The average Bonchev–Trinajstić information content (AvgIpc) is 2.96. The summed E-state index contributed by atoms with van der Waals surface area (Å²) in [4.78, 5) is 28.7. The minimum atomic E-state index is -0.259. The largest absolute Gasteiger partial charge is 0.375 e. The zero-order valence-corrected chi connectivity index (χ0v) is 14.8. The Labute approximate surface area is 144 Å². The van der Waals surface area contributed by atoms with Gasteiger partial charge in [0.05, 0.1) is 24.3 Å². The van der Waals surface area contributed by atoms with E-state index in [1.54, 1.807) is 4.90 Å². The van der Waals surface area contributed by atoms with Crippen LogP contribution < -0.4 is 4.90 Å². The fourth-order valence-electron chi connectivity index (χ4n) is 3.20. The summed E-state index contributed by atoms with van der Waals surface area (Å²) >= 11 is 3.48. The van der Waals surface area contributed by atoms with Crippen LogP contribution in [0.1, 0.15) is 19.8 Å². The van der Waals surface area contributed by atoms with Gasteiger partial charge in [-0.05, 0) is 34.5 Å². The maximum absolute atomic E-state index is 12.7. The Morgan fingerprint density at radius 1 is 1.35 bits per heavy atom. The second kappa shape index (κ2) is 7.01. The van der Waals surface area contributed by atoms with E-state index in [0.29, 0.717) is 26.2 Å². The Kier molecular flexibility index (Phi) is 5.02. The van der Waals surface area contributed by atoms with E-state index in [2.05, 4.69) is 22.9 Å². The lowest BCUT2D eigenvalue weighted by Crippen LogP contribution is -2.48. The summed E-state index contributed by atoms with van der Waals surface area (Å²) in [7, 11) is 0. The van der Waals surface area contributed by atoms with E-state index in [1.165, 1.54) is 0 Å². The van der Waals surface area contributed by atoms with Crippen LogP contribution in [0.3, 0.4) is 0 Å². The van der Waals surface area contributed by atoms with Gasteiger partial charge in [0, 0.05) is 30.5 Å². The van der Waals surface area contributed by atoms with Gasteiger partial charge in [-0.2, -0.15) is 0 Å². The predicted molar refractivity (Wildman–Crippen MR) is 91.2 cm³/mol. The highest BCUT2D eigenvalue weighted by Gasteiger charge is 2.38. The van der Waals surface area contributed by atoms with E-state index < -0.39 is 0 Å². The van der Waals surface area contributed by atoms with Crippen LogP contribution in [0.5, 0.6) is 0 Å². The Morgan fingerprint density at radius 2 is 2.13 bits per heavy atom. The molecule has 6 heteroatoms. The number of rotatable bonds is 3. The smallest absolute Gasteiger partial charge is 0.228 e. The molecule has 2 aliphatic heterocycles. The van der Waals surface area contributed by atoms with E-state index in [0.717, 1.165) is 16.6 Å². The van der Waals surface area contributed by atoms with Crippen LogP contribution in [0.2, 0.25) is 0 Å². The summed E-state index contributed by atoms with van der Waals surface area (Å²) in [5, 5.41) is 0. The van der Waals surface area contributed by atoms with E-state index in [9.17, 15) is 9.59 Å². The SMILES string of the molecule is CCC1CN(C(=O)C2CC(=O)N(c3ccccc3Br)C2)CCO1. The van der Waals surface area contributed by atoms with Gasteiger partial charge >= 0.3 is 0 Å². The van der Waals surface area contributed by atoms with Gasteiger partial charge in [0.25, 0.3) is 0 Å². The highest BCUT2D eigenvalue weighted by molar-refractivity contribution is 9.10. The fraction of sp³-hybridized carbons (Fsp3) is 0.529. The first-order valence-corrected chi connectivity index (χ1v) is 8.84. The minimum absolute atomic E-state index is 0.00977. The number of hydrogen-bond acceptors (Lipinski definition) is 3. The summed E-state index contributed by atoms with van der Waals surface area (Å²) in [6, 6.07) is 7.62. The van der Waals surface area contributed by atoms with Crippen molar-refractivity contribution in [3.8, 4) is 0 Å². The molecular weight excluding hydrogens is 360 g/mol. The van der Waals surface area contributed by atoms with E-state index in [-0.39, 0.29) is 30.3 Å². The molecule has 2 amide bonds. The third-order valence-electron chi connectivity index (χ3n) is 4.52. The van der Waals surface area contributed by atoms with Crippen molar-refractivity contribution < 1.29 is 14.3 Å². The second-order valence-electron chi connectivity index (χ2n) is 6.04. The number of nitrogens with zero attached hydrogens (tertiary/aromatic N) is 2. The molecule has 0 radical (unpaired) electrons. The Balaban J connectivity index is 1.70. The summed E-state index contributed by atoms with van der Waals surface area (Å²) in [6.45, 7) is 4.35. The van der Waals surface area contributed by atoms with Gasteiger partial charge in [-0.25, -0.2) is 0 Å². The molecule has 2 atom stereocenters. The molecule has 2 saturated heterocycles. The van der Waals surface area contributed by atoms with Crippen molar-refractivity contribution in [2.45, 2.75) is 25.9 Å². The molecule has 0 bridgehead atoms. The van der Waals surface area contributed by atoms with Crippen LogP contribution in [0.15, 0.2) is 28.7 Å². The Bertz CT molecular complexity index is 607. The molecule has 0 N–H and O–H groups in total. The van der Waals surface area contributed by atoms with Crippen molar-refractivity contribution in [1.29, 1.82) is 0 Å². The first-order valence-electron chi connectivity index (χ1n) is 8.05. The van der Waals surface area contributed by atoms with E-state index in [4.69, 9.17) is 4.74 Å². The number of ether oxygens (including phenoxy) is 1. The van der Waals surface area contributed by atoms with Crippen molar-refractivity contribution >= 4 is 33.4 Å². The number of carbonyl (C=O) groups is 2. The van der Waals surface area contributed by atoms with Crippen LogP contribution in [0.4, 0.5) is 5.69 Å². The molecule has 0 aliphatic carbocycles. The summed E-state index contributed by atoms with van der Waals surface area (Å²) in [6.07, 6.45) is 1.30. The summed E-state index contributed by atoms with van der Waals surface area (Å²) < 4.78 is 6.49. The number of hydrogen-bond donors (Lipinski definition) is 0. The molecule has 2 heterocycles. The van der Waals surface area contributed by atoms with Crippen molar-refractivity contribution in [3.63, 3.8) is 0 Å². The van der Waals surface area contributed by atoms with Gasteiger partial charge in [0.1, 0.15) is 0 Å². The standard InChI is InChI=1S/C17H21BrN2O3/c1-2-13-11-19(7-8-23-13)17(22)12-9-16(21)20(10-12)15-6-4-3-5-14(15)18/h3-6,12-13H,2,7-11H2,1H3. The molecule has 2 aliphatic rings. The van der Waals surface area contributed by atoms with Crippen LogP contribution in [0.25, 0.3) is 0 Å². The van der Waals surface area contributed by atoms with Crippen molar-refractivity contribution in [2.75, 3.05) is 31.1 Å². The van der Waals surface area contributed by atoms with Crippen LogP contribution in [0, 0.1) is 5.92 Å². The molecule has 2 unspecified atom stereocenters. The molecule has 0 spiro atoms. The van der Waals surface area contributed by atoms with E-state index in [1.807, 2.05) is 29.2 Å². The molecule has 0 saturated carbocycles. The number of benzene rings is 1. The molecule has 2 fully saturated rings. The van der Waals surface area contributed by atoms with Gasteiger partial charge in [-0.1, -0.05) is 19.1 Å². The van der Waals surface area contributed by atoms with Crippen molar-refractivity contribution in [3.05, 3.63) is 28.7 Å². The van der Waals surface area contributed by atoms with Gasteiger partial charge in [0.2, 0.25) is 11.8 Å². The average molecular weight is 381 g/mol. The third kappa shape index (κ3) is 3.43. The zero-order chi connectivity index (χ0) is 16.4. The minimum Gasteiger partial charge on any atom is -0.375 e. The lowest BCUT2D eigenvalue weighted by atomic mass is 10.1. The van der Waals surface area contributed by atoms with Gasteiger partial charge in [0.15, 0.2) is 0 Å². The molecule has 3 rings (SSSR count). The molecule has 23 heavy (non-hydrogen) atoms. The third-order valence-corrected chi connectivity index (χ3v) is 5.19. The van der Waals surface area contributed by atoms with Crippen LogP contribution in [-0.4, -0.2) is 49.1 Å². The lowest BCUT2D eigenvalue weighted by Gasteiger charge is -2.34. The second-order valence-corrected chi connectivity index (χ2v) is 6.90. The van der Waals surface area contributed by atoms with Gasteiger partial charge in [-0.15, -0.1) is 0 Å². The molecule has 1 aromatic rings. The number of anilines is 1. The van der Waals surface area contributed by atoms with Gasteiger partial charge < -0.3 is 14.5 Å². The maximum Gasteiger partial charge on any atom is 0.228 e. The number of carbonyl (C=O) groups excluding carboxylic acids is 2. The molecule has 124 valence electrons. The van der Waals surface area contributed by atoms with Crippen LogP contribution >= 0.6 is 15.9 Å². The maximum atomic E-state index is 12.7. The summed E-state index contributed by atoms with van der Waals surface area (Å²) in [5.41, 5.74) is 0.834. The van der Waals surface area contributed by atoms with Crippen molar-refractivity contribution in [2.24, 2.45) is 5.92 Å². The first kappa shape index (κ1) is 16.5. The van der Waals surface area contributed by atoms with Crippen molar-refractivity contribution in [1.82, 2.24) is 4.90 Å². The number of para-hydroxylation sites is 1. The molecule has 0 aromatic heterocycles. The van der Waals surface area contributed by atoms with E-state index >= 15 is 0 Å². The Morgan fingerprint density at radius 3 is 2.87 bits per heavy atom. The summed E-state index contributed by atoms with van der Waals surface area (Å²) in [5.74, 6) is -0.171. The molecular formula is C17H21BrN2O3. The lowest BCUT2D eigenvalue weighted by molar-refractivity contribution is -0.143. The quantitative estimate of drug-likeness (QED) is 0.808. The normalized spacial score (nSPS) is 25.0. The molecule has 5 nitrogen and oxygen atoms in total. The number of amides is 2. The Hall–Kier alpha value is -1.40. The highest BCUT2D eigenvalue weighted by Crippen LogP contribution is 2.32. The zero-order valence-electron chi connectivity index (χ0n) is 13.2. The number of halogens is 1. The monoisotopic (exact) mass is 380 g/mol. The number of morpholine rings is 1. The first-order chi connectivity index (χ1) is 11.1. The van der Waals surface area contributed by atoms with Gasteiger partial charge in [-0.3, -0.25) is 9.59 Å². The highest BCUT2D eigenvalue weighted by atomic mass is 79.9. The van der Waals surface area contributed by atoms with Crippen LogP contribution in [-0.2, 0) is 14.3 Å².